The number of carbonyl (C=O) groups is 2. The number of rotatable bonds is 5. The molecule has 0 aliphatic heterocycles. The molecule has 0 aliphatic carbocycles. The van der Waals surface area contributed by atoms with Crippen molar-refractivity contribution in [1.29, 1.82) is 5.26 Å². The van der Waals surface area contributed by atoms with E-state index in [0.717, 1.165) is 5.56 Å². The van der Waals surface area contributed by atoms with Crippen LogP contribution >= 0.6 is 0 Å². The highest BCUT2D eigenvalue weighted by Gasteiger charge is 2.00. The fourth-order valence-corrected chi connectivity index (χ4v) is 1.19. The molecule has 0 fully saturated rings. The van der Waals surface area contributed by atoms with Crippen LogP contribution in [0.15, 0.2) is 30.3 Å². The van der Waals surface area contributed by atoms with Crippen LogP contribution in [0.4, 0.5) is 0 Å². The first-order valence-electron chi connectivity index (χ1n) is 5.04. The average molecular weight is 229 g/mol. The molecular weight excluding hydrogens is 218 g/mol. The van der Waals surface area contributed by atoms with Crippen LogP contribution in [-0.4, -0.2) is 16.9 Å². The van der Waals surface area contributed by atoms with Crippen molar-refractivity contribution in [2.75, 3.05) is 0 Å². The zero-order chi connectivity index (χ0) is 12.7. The first-order valence-corrected chi connectivity index (χ1v) is 5.04. The van der Waals surface area contributed by atoms with Gasteiger partial charge >= 0.3 is 5.97 Å². The molecule has 0 aliphatic rings. The molecule has 1 aromatic rings. The third kappa shape index (κ3) is 4.31. The number of carboxylic acid groups (broad SMARTS) is 1. The molecule has 0 unspecified atom stereocenters. The van der Waals surface area contributed by atoms with Gasteiger partial charge in [0.1, 0.15) is 0 Å². The minimum Gasteiger partial charge on any atom is -0.478 e. The maximum atomic E-state index is 11.2. The van der Waals surface area contributed by atoms with Crippen LogP contribution in [0.2, 0.25) is 0 Å². The Hall–Kier alpha value is -2.41. The van der Waals surface area contributed by atoms with Crippen molar-refractivity contribution in [3.63, 3.8) is 0 Å². The van der Waals surface area contributed by atoms with Gasteiger partial charge in [0.15, 0.2) is 5.78 Å². The lowest BCUT2D eigenvalue weighted by molar-refractivity contribution is -0.114. The van der Waals surface area contributed by atoms with Gasteiger partial charge in [0, 0.05) is 12.8 Å². The summed E-state index contributed by atoms with van der Waals surface area (Å²) in [7, 11) is 0. The van der Waals surface area contributed by atoms with E-state index < -0.39 is 5.97 Å². The highest BCUT2D eigenvalue weighted by atomic mass is 16.4. The standard InChI is InChI=1S/C13H11NO3/c14-9-1-2-12(15)8-5-10-3-6-11(7-4-10)13(16)17/h3-8H,1-2H2,(H,16,17). The summed E-state index contributed by atoms with van der Waals surface area (Å²) in [6.07, 6.45) is 3.42. The molecule has 0 saturated carbocycles. The molecule has 0 bridgehead atoms. The Kier molecular flexibility index (Phi) is 4.64. The number of hydrogen-bond donors (Lipinski definition) is 1. The number of hydrogen-bond acceptors (Lipinski definition) is 3. The van der Waals surface area contributed by atoms with Crippen LogP contribution < -0.4 is 0 Å². The van der Waals surface area contributed by atoms with Gasteiger partial charge in [-0.3, -0.25) is 4.79 Å². The molecule has 1 aromatic carbocycles. The lowest BCUT2D eigenvalue weighted by Gasteiger charge is -1.95. The van der Waals surface area contributed by atoms with E-state index in [-0.39, 0.29) is 24.2 Å². The van der Waals surface area contributed by atoms with Crippen LogP contribution in [0.3, 0.4) is 0 Å². The summed E-state index contributed by atoms with van der Waals surface area (Å²) in [6.45, 7) is 0. The van der Waals surface area contributed by atoms with Crippen molar-refractivity contribution in [2.24, 2.45) is 0 Å². The number of ketones is 1. The van der Waals surface area contributed by atoms with Crippen LogP contribution in [0.1, 0.15) is 28.8 Å². The fourth-order valence-electron chi connectivity index (χ4n) is 1.19. The predicted molar refractivity (Wildman–Crippen MR) is 62.3 cm³/mol. The number of aromatic carboxylic acids is 1. The normalized spacial score (nSPS) is 10.1. The van der Waals surface area contributed by atoms with E-state index in [1.54, 1.807) is 18.2 Å². The third-order valence-corrected chi connectivity index (χ3v) is 2.10. The van der Waals surface area contributed by atoms with Crippen molar-refractivity contribution in [2.45, 2.75) is 12.8 Å². The molecule has 0 radical (unpaired) electrons. The Morgan fingerprint density at radius 2 is 1.94 bits per heavy atom. The van der Waals surface area contributed by atoms with E-state index >= 15 is 0 Å². The van der Waals surface area contributed by atoms with Crippen LogP contribution in [0, 0.1) is 11.3 Å². The molecule has 0 atom stereocenters. The monoisotopic (exact) mass is 229 g/mol. The molecule has 0 aromatic heterocycles. The highest BCUT2D eigenvalue weighted by molar-refractivity contribution is 5.94. The Morgan fingerprint density at radius 1 is 1.29 bits per heavy atom. The largest absolute Gasteiger partial charge is 0.478 e. The minimum absolute atomic E-state index is 0.117. The Morgan fingerprint density at radius 3 is 2.47 bits per heavy atom. The summed E-state index contributed by atoms with van der Waals surface area (Å²) in [5.41, 5.74) is 0.957. The Labute approximate surface area is 98.8 Å². The summed E-state index contributed by atoms with van der Waals surface area (Å²) in [4.78, 5) is 21.8. The predicted octanol–water partition coefficient (Wildman–Crippen LogP) is 2.27. The number of nitriles is 1. The molecule has 0 saturated heterocycles. The first-order chi connectivity index (χ1) is 8.13. The molecule has 86 valence electrons. The number of allylic oxidation sites excluding steroid dienone is 1. The first kappa shape index (κ1) is 12.7. The van der Waals surface area contributed by atoms with Gasteiger partial charge < -0.3 is 5.11 Å². The van der Waals surface area contributed by atoms with E-state index in [2.05, 4.69) is 0 Å². The molecule has 4 nitrogen and oxygen atoms in total. The molecule has 0 amide bonds. The van der Waals surface area contributed by atoms with Crippen LogP contribution in [-0.2, 0) is 4.79 Å². The van der Waals surface area contributed by atoms with Gasteiger partial charge in [-0.1, -0.05) is 18.2 Å². The van der Waals surface area contributed by atoms with E-state index in [4.69, 9.17) is 10.4 Å². The van der Waals surface area contributed by atoms with Crippen LogP contribution in [0.5, 0.6) is 0 Å². The zero-order valence-electron chi connectivity index (χ0n) is 9.09. The second-order valence-corrected chi connectivity index (χ2v) is 3.38. The fraction of sp³-hybridized carbons (Fsp3) is 0.154. The Bertz CT molecular complexity index is 480. The number of carboxylic acids is 1. The lowest BCUT2D eigenvalue weighted by Crippen LogP contribution is -1.95. The van der Waals surface area contributed by atoms with Crippen molar-refractivity contribution in [1.82, 2.24) is 0 Å². The molecule has 4 heteroatoms. The number of benzene rings is 1. The van der Waals surface area contributed by atoms with Crippen molar-refractivity contribution in [3.8, 4) is 6.07 Å². The number of nitrogens with zero attached hydrogens (tertiary/aromatic N) is 1. The van der Waals surface area contributed by atoms with E-state index in [1.165, 1.54) is 18.2 Å². The lowest BCUT2D eigenvalue weighted by atomic mass is 10.1. The average Bonchev–Trinajstić information content (AvgIpc) is 2.34. The maximum Gasteiger partial charge on any atom is 0.335 e. The van der Waals surface area contributed by atoms with Crippen molar-refractivity contribution in [3.05, 3.63) is 41.5 Å². The van der Waals surface area contributed by atoms with Gasteiger partial charge in [-0.05, 0) is 23.8 Å². The minimum atomic E-state index is -0.981. The highest BCUT2D eigenvalue weighted by Crippen LogP contribution is 2.06. The van der Waals surface area contributed by atoms with Gasteiger partial charge in [-0.25, -0.2) is 4.79 Å². The summed E-state index contributed by atoms with van der Waals surface area (Å²) in [6, 6.07) is 8.09. The molecule has 1 N–H and O–H groups in total. The number of carbonyl (C=O) groups excluding carboxylic acids is 1. The summed E-state index contributed by atoms with van der Waals surface area (Å²) in [5.74, 6) is -1.10. The van der Waals surface area contributed by atoms with Crippen molar-refractivity contribution < 1.29 is 14.7 Å². The summed E-state index contributed by atoms with van der Waals surface area (Å²) < 4.78 is 0. The molecule has 17 heavy (non-hydrogen) atoms. The van der Waals surface area contributed by atoms with E-state index in [9.17, 15) is 9.59 Å². The third-order valence-electron chi connectivity index (χ3n) is 2.10. The molecule has 1 rings (SSSR count). The zero-order valence-corrected chi connectivity index (χ0v) is 9.09. The second-order valence-electron chi connectivity index (χ2n) is 3.38. The van der Waals surface area contributed by atoms with E-state index in [1.807, 2.05) is 6.07 Å². The summed E-state index contributed by atoms with van der Waals surface area (Å²) in [5, 5.41) is 17.0. The smallest absolute Gasteiger partial charge is 0.335 e. The molecule has 0 spiro atoms. The topological polar surface area (TPSA) is 78.2 Å². The van der Waals surface area contributed by atoms with Crippen LogP contribution in [0.25, 0.3) is 6.08 Å². The van der Waals surface area contributed by atoms with Gasteiger partial charge in [0.25, 0.3) is 0 Å². The Balaban J connectivity index is 2.63. The molecular formula is C13H11NO3. The summed E-state index contributed by atoms with van der Waals surface area (Å²) >= 11 is 0. The SMILES string of the molecule is N#CCCC(=O)C=Cc1ccc(C(=O)O)cc1. The van der Waals surface area contributed by atoms with Gasteiger partial charge in [0.2, 0.25) is 0 Å². The van der Waals surface area contributed by atoms with Crippen molar-refractivity contribution >= 4 is 17.8 Å². The quantitative estimate of drug-likeness (QED) is 0.785. The van der Waals surface area contributed by atoms with Gasteiger partial charge in [-0.2, -0.15) is 5.26 Å². The van der Waals surface area contributed by atoms with Gasteiger partial charge in [-0.15, -0.1) is 0 Å². The molecule has 0 heterocycles. The maximum absolute atomic E-state index is 11.2. The van der Waals surface area contributed by atoms with Gasteiger partial charge in [0.05, 0.1) is 11.6 Å². The van der Waals surface area contributed by atoms with E-state index in [0.29, 0.717) is 0 Å². The second kappa shape index (κ2) is 6.23.